The van der Waals surface area contributed by atoms with Crippen LogP contribution >= 0.6 is 0 Å². The number of aromatic hydroxyl groups is 8. The van der Waals surface area contributed by atoms with E-state index in [1.165, 1.54) is 48.5 Å². The SMILES string of the molecule is CCC12C3=C(C(=O)N(c4c(C)c(C)c(N5C(=O)C6=C(C5=O)C5(CC)c7cc(O)c(O)cc7C6(CC)c6cc(O)c(O)cc65)c(C)c4C)C3=O)C(CC)(c3cc(O)c(O)cc31)c1cc(O)c(O)cc12. The minimum Gasteiger partial charge on any atom is -0.504 e. The van der Waals surface area contributed by atoms with Crippen molar-refractivity contribution in [2.75, 3.05) is 9.80 Å². The molecule has 8 N–H and O–H groups in total. The monoisotopic (exact) mass is 916 g/mol. The first-order chi connectivity index (χ1) is 32.1. The molecule has 4 bridgehead atoms. The lowest BCUT2D eigenvalue weighted by Crippen LogP contribution is -2.51. The highest BCUT2D eigenvalue weighted by atomic mass is 16.3. The molecule has 5 aromatic rings. The molecule has 0 unspecified atom stereocenters. The summed E-state index contributed by atoms with van der Waals surface area (Å²) < 4.78 is 0. The maximum atomic E-state index is 15.6. The fourth-order valence-electron chi connectivity index (χ4n) is 14.0. The second-order valence-electron chi connectivity index (χ2n) is 19.2. The van der Waals surface area contributed by atoms with Gasteiger partial charge in [-0.05, 0) is 169 Å². The molecule has 13 rings (SSSR count). The maximum absolute atomic E-state index is 15.6. The summed E-state index contributed by atoms with van der Waals surface area (Å²) in [5, 5.41) is 87.8. The van der Waals surface area contributed by atoms with Crippen LogP contribution in [0.4, 0.5) is 11.4 Å². The van der Waals surface area contributed by atoms with E-state index >= 15 is 19.2 Å². The summed E-state index contributed by atoms with van der Waals surface area (Å²) in [5.41, 5.74) is 0.718. The molecule has 4 amide bonds. The number of benzene rings is 5. The summed E-state index contributed by atoms with van der Waals surface area (Å²) in [6, 6.07) is 11.2. The molecule has 2 aliphatic heterocycles. The fraction of sp³-hybridized carbons (Fsp3) is 0.296. The Labute approximate surface area is 390 Å². The van der Waals surface area contributed by atoms with Crippen molar-refractivity contribution in [3.63, 3.8) is 0 Å². The number of carbonyl (C=O) groups is 4. The van der Waals surface area contributed by atoms with Gasteiger partial charge in [-0.25, -0.2) is 9.80 Å². The second-order valence-corrected chi connectivity index (χ2v) is 19.2. The van der Waals surface area contributed by atoms with Gasteiger partial charge in [-0.15, -0.1) is 0 Å². The number of hydrogen-bond acceptors (Lipinski definition) is 12. The third kappa shape index (κ3) is 4.24. The lowest BCUT2D eigenvalue weighted by atomic mass is 9.46. The van der Waals surface area contributed by atoms with Crippen molar-refractivity contribution >= 4 is 35.0 Å². The number of rotatable bonds is 6. The van der Waals surface area contributed by atoms with Crippen LogP contribution in [0.3, 0.4) is 0 Å². The van der Waals surface area contributed by atoms with Gasteiger partial charge in [-0.3, -0.25) is 19.2 Å². The van der Waals surface area contributed by atoms with Gasteiger partial charge in [0.2, 0.25) is 0 Å². The lowest BCUT2D eigenvalue weighted by Gasteiger charge is -2.54. The number of carbonyl (C=O) groups excluding carboxylic acids is 4. The van der Waals surface area contributed by atoms with Gasteiger partial charge in [-0.1, -0.05) is 27.7 Å². The van der Waals surface area contributed by atoms with E-state index in [4.69, 9.17) is 0 Å². The minimum atomic E-state index is -1.43. The molecule has 14 nitrogen and oxygen atoms in total. The van der Waals surface area contributed by atoms with Gasteiger partial charge < -0.3 is 40.9 Å². The smallest absolute Gasteiger partial charge is 0.263 e. The van der Waals surface area contributed by atoms with Crippen LogP contribution in [0, 0.1) is 27.7 Å². The second kappa shape index (κ2) is 13.0. The molecule has 68 heavy (non-hydrogen) atoms. The summed E-state index contributed by atoms with van der Waals surface area (Å²) >= 11 is 0. The number of amides is 4. The molecular formula is C54H48N2O12. The number of nitrogens with zero attached hydrogens (tertiary/aromatic N) is 2. The summed E-state index contributed by atoms with van der Waals surface area (Å²) in [6.45, 7) is 14.1. The first kappa shape index (κ1) is 42.9. The summed E-state index contributed by atoms with van der Waals surface area (Å²) in [6.07, 6.45) is 0.680. The van der Waals surface area contributed by atoms with Crippen molar-refractivity contribution < 1.29 is 60.0 Å². The van der Waals surface area contributed by atoms with Gasteiger partial charge in [0.25, 0.3) is 23.6 Å². The molecule has 2 heterocycles. The lowest BCUT2D eigenvalue weighted by molar-refractivity contribution is -0.122. The molecule has 0 saturated heterocycles. The Bertz CT molecular complexity index is 2870. The Balaban J connectivity index is 1.10. The standard InChI is InChI=1S/C54H48N2O12/c1-9-51-25-13-33(57)35(59)15-27(25)52(10-2,28-16-36(60)34(58)14-26(28)51)42-41(51)47(65)55(48(42)66)45-21(5)23(7)46(24(8)22(45)6)56-49(67)43-44(50(56)68)54(12-4)31-19-39(63)37(61)17-29(31)53(43,11-3)30-18-38(62)40(64)20-32(30)54/h13-20,57-64H,9-12H2,1-8H3. The number of imide groups is 2. The number of phenolic OH excluding ortho intramolecular Hbond substituents is 8. The molecule has 5 aromatic carbocycles. The molecule has 6 aliphatic carbocycles. The van der Waals surface area contributed by atoms with Crippen LogP contribution in [0.1, 0.15) is 120 Å². The molecule has 14 heteroatoms. The van der Waals surface area contributed by atoms with Crippen molar-refractivity contribution in [2.24, 2.45) is 0 Å². The van der Waals surface area contributed by atoms with Gasteiger partial charge in [0, 0.05) is 22.3 Å². The van der Waals surface area contributed by atoms with Crippen LogP contribution in [-0.2, 0) is 40.8 Å². The quantitative estimate of drug-likeness (QED) is 0.0603. The van der Waals surface area contributed by atoms with E-state index in [0.717, 1.165) is 9.80 Å². The fourth-order valence-corrected chi connectivity index (χ4v) is 14.0. The highest BCUT2D eigenvalue weighted by Gasteiger charge is 2.68. The summed E-state index contributed by atoms with van der Waals surface area (Å²) in [5.74, 6) is -6.08. The van der Waals surface area contributed by atoms with E-state index in [0.29, 0.717) is 66.8 Å². The molecule has 346 valence electrons. The van der Waals surface area contributed by atoms with E-state index in [9.17, 15) is 40.9 Å². The third-order valence-electron chi connectivity index (χ3n) is 17.1. The highest BCUT2D eigenvalue weighted by Crippen LogP contribution is 2.70. The van der Waals surface area contributed by atoms with Crippen LogP contribution in [-0.4, -0.2) is 64.5 Å². The van der Waals surface area contributed by atoms with Gasteiger partial charge >= 0.3 is 0 Å². The van der Waals surface area contributed by atoms with Crippen LogP contribution in [0.25, 0.3) is 0 Å². The largest absolute Gasteiger partial charge is 0.504 e. The number of hydrogen-bond donors (Lipinski definition) is 8. The van der Waals surface area contributed by atoms with Crippen molar-refractivity contribution in [2.45, 2.75) is 103 Å². The zero-order chi connectivity index (χ0) is 49.0. The van der Waals surface area contributed by atoms with Crippen LogP contribution < -0.4 is 9.80 Å². The zero-order valence-electron chi connectivity index (χ0n) is 38.6. The van der Waals surface area contributed by atoms with Gasteiger partial charge in [0.15, 0.2) is 46.0 Å². The minimum absolute atomic E-state index is 0.139. The van der Waals surface area contributed by atoms with E-state index in [2.05, 4.69) is 0 Å². The Kier molecular flexibility index (Phi) is 8.21. The van der Waals surface area contributed by atoms with Crippen molar-refractivity contribution in [1.82, 2.24) is 0 Å². The molecule has 0 radical (unpaired) electrons. The molecule has 0 spiro atoms. The van der Waals surface area contributed by atoms with Crippen molar-refractivity contribution in [3.05, 3.63) is 138 Å². The molecular weight excluding hydrogens is 869 g/mol. The van der Waals surface area contributed by atoms with Gasteiger partial charge in [0.1, 0.15) is 0 Å². The van der Waals surface area contributed by atoms with Crippen molar-refractivity contribution in [1.29, 1.82) is 0 Å². The number of phenols is 8. The Morgan fingerprint density at radius 3 is 0.603 bits per heavy atom. The normalized spacial score (nSPS) is 24.8. The predicted molar refractivity (Wildman–Crippen MR) is 248 cm³/mol. The van der Waals surface area contributed by atoms with Crippen molar-refractivity contribution in [3.8, 4) is 46.0 Å². The van der Waals surface area contributed by atoms with E-state index in [1.54, 1.807) is 27.7 Å². The predicted octanol–water partition coefficient (Wildman–Crippen LogP) is 7.74. The Morgan fingerprint density at radius 1 is 0.324 bits per heavy atom. The third-order valence-corrected chi connectivity index (χ3v) is 17.1. The summed E-state index contributed by atoms with van der Waals surface area (Å²) in [4.78, 5) is 64.6. The van der Waals surface area contributed by atoms with Gasteiger partial charge in [0.05, 0.1) is 33.0 Å². The highest BCUT2D eigenvalue weighted by molar-refractivity contribution is 6.38. The average Bonchev–Trinajstić information content (AvgIpc) is 3.73. The van der Waals surface area contributed by atoms with Gasteiger partial charge in [-0.2, -0.15) is 0 Å². The molecule has 0 aromatic heterocycles. The molecule has 0 fully saturated rings. The molecule has 0 atom stereocenters. The first-order valence-electron chi connectivity index (χ1n) is 22.8. The van der Waals surface area contributed by atoms with Crippen LogP contribution in [0.15, 0.2) is 70.8 Å². The van der Waals surface area contributed by atoms with E-state index < -0.39 is 91.3 Å². The topological polar surface area (TPSA) is 237 Å². The van der Waals surface area contributed by atoms with E-state index in [1.807, 2.05) is 27.7 Å². The zero-order valence-corrected chi connectivity index (χ0v) is 38.6. The molecule has 8 aliphatic rings. The maximum Gasteiger partial charge on any atom is 0.263 e. The number of anilines is 2. The first-order valence-corrected chi connectivity index (χ1v) is 22.8. The average molecular weight is 917 g/mol. The molecule has 0 saturated carbocycles. The Hall–Kier alpha value is -7.74. The van der Waals surface area contributed by atoms with Crippen LogP contribution in [0.5, 0.6) is 46.0 Å². The van der Waals surface area contributed by atoms with E-state index in [-0.39, 0.29) is 59.4 Å². The summed E-state index contributed by atoms with van der Waals surface area (Å²) in [7, 11) is 0. The Morgan fingerprint density at radius 2 is 0.471 bits per heavy atom. The van der Waals surface area contributed by atoms with Crippen LogP contribution in [0.2, 0.25) is 0 Å².